The van der Waals surface area contributed by atoms with Gasteiger partial charge in [-0.25, -0.2) is 4.98 Å². The molecule has 0 bridgehead atoms. The van der Waals surface area contributed by atoms with Gasteiger partial charge in [-0.2, -0.15) is 0 Å². The summed E-state index contributed by atoms with van der Waals surface area (Å²) >= 11 is 1.13. The quantitative estimate of drug-likeness (QED) is 0.826. The highest BCUT2D eigenvalue weighted by molar-refractivity contribution is 7.99. The van der Waals surface area contributed by atoms with E-state index in [1.165, 1.54) is 6.20 Å². The lowest BCUT2D eigenvalue weighted by molar-refractivity contribution is -0.133. The Labute approximate surface area is 120 Å². The highest BCUT2D eigenvalue weighted by Gasteiger charge is 2.06. The third-order valence-corrected chi connectivity index (χ3v) is 3.30. The number of rotatable bonds is 5. The van der Waals surface area contributed by atoms with Crippen LogP contribution < -0.4 is 5.32 Å². The van der Waals surface area contributed by atoms with E-state index in [9.17, 15) is 9.59 Å². The summed E-state index contributed by atoms with van der Waals surface area (Å²) in [6.07, 6.45) is 1.50. The number of pyridine rings is 1. The summed E-state index contributed by atoms with van der Waals surface area (Å²) in [5.74, 6) is -1.14. The van der Waals surface area contributed by atoms with Crippen molar-refractivity contribution in [2.24, 2.45) is 0 Å². The maximum atomic E-state index is 11.9. The molecule has 5 nitrogen and oxygen atoms in total. The lowest BCUT2D eigenvalue weighted by Crippen LogP contribution is -2.11. The van der Waals surface area contributed by atoms with Crippen LogP contribution in [0.3, 0.4) is 0 Å². The average Bonchev–Trinajstić information content (AvgIpc) is 2.47. The number of thioether (sulfide) groups is 1. The molecule has 0 unspecified atom stereocenters. The molecule has 0 aliphatic carbocycles. The second-order valence-corrected chi connectivity index (χ2v) is 4.88. The van der Waals surface area contributed by atoms with Gasteiger partial charge in [-0.15, -0.1) is 0 Å². The standard InChI is InChI=1S/C14H12N2O3S/c17-13(18)9-20-12-7-6-11(8-15-12)16-14(19)10-4-2-1-3-5-10/h1-8H,9H2,(H,16,19)(H,17,18). The first-order valence-electron chi connectivity index (χ1n) is 5.82. The lowest BCUT2D eigenvalue weighted by Gasteiger charge is -2.05. The van der Waals surface area contributed by atoms with Crippen LogP contribution in [0, 0.1) is 0 Å². The molecule has 0 radical (unpaired) electrons. The topological polar surface area (TPSA) is 79.3 Å². The van der Waals surface area contributed by atoms with E-state index in [4.69, 9.17) is 5.11 Å². The molecule has 0 aliphatic heterocycles. The predicted molar refractivity (Wildman–Crippen MR) is 77.0 cm³/mol. The molecule has 0 saturated carbocycles. The van der Waals surface area contributed by atoms with Crippen molar-refractivity contribution in [1.82, 2.24) is 4.98 Å². The second kappa shape index (κ2) is 6.72. The second-order valence-electron chi connectivity index (χ2n) is 3.89. The number of aliphatic carboxylic acids is 1. The molecule has 2 aromatic rings. The Morgan fingerprint density at radius 2 is 1.90 bits per heavy atom. The van der Waals surface area contributed by atoms with Crippen molar-refractivity contribution in [2.75, 3.05) is 11.1 Å². The van der Waals surface area contributed by atoms with Gasteiger partial charge >= 0.3 is 5.97 Å². The van der Waals surface area contributed by atoms with Crippen LogP contribution in [-0.2, 0) is 4.79 Å². The number of anilines is 1. The monoisotopic (exact) mass is 288 g/mol. The minimum absolute atomic E-state index is 0.0390. The average molecular weight is 288 g/mol. The normalized spacial score (nSPS) is 10.0. The molecule has 1 aromatic heterocycles. The number of nitrogens with one attached hydrogen (secondary N) is 1. The minimum Gasteiger partial charge on any atom is -0.481 e. The van der Waals surface area contributed by atoms with Gasteiger partial charge in [-0.3, -0.25) is 9.59 Å². The van der Waals surface area contributed by atoms with Crippen LogP contribution in [0.15, 0.2) is 53.7 Å². The molecule has 0 aliphatic rings. The van der Waals surface area contributed by atoms with Gasteiger partial charge in [0.1, 0.15) is 0 Å². The fourth-order valence-electron chi connectivity index (χ4n) is 1.47. The first kappa shape index (κ1) is 14.1. The number of benzene rings is 1. The molecule has 6 heteroatoms. The SMILES string of the molecule is O=C(O)CSc1ccc(NC(=O)c2ccccc2)cn1. The molecule has 0 fully saturated rings. The van der Waals surface area contributed by atoms with Gasteiger partial charge in [0.15, 0.2) is 0 Å². The molecule has 0 atom stereocenters. The van der Waals surface area contributed by atoms with Crippen molar-refractivity contribution >= 4 is 29.3 Å². The lowest BCUT2D eigenvalue weighted by atomic mass is 10.2. The third kappa shape index (κ3) is 4.10. The number of carboxylic acids is 1. The van der Waals surface area contributed by atoms with Crippen LogP contribution >= 0.6 is 11.8 Å². The Hall–Kier alpha value is -2.34. The van der Waals surface area contributed by atoms with E-state index in [0.29, 0.717) is 16.3 Å². The number of carboxylic acid groups (broad SMARTS) is 1. The number of hydrogen-bond acceptors (Lipinski definition) is 4. The van der Waals surface area contributed by atoms with Crippen LogP contribution in [0.4, 0.5) is 5.69 Å². The van der Waals surface area contributed by atoms with Gasteiger partial charge in [-0.1, -0.05) is 30.0 Å². The maximum absolute atomic E-state index is 11.9. The summed E-state index contributed by atoms with van der Waals surface area (Å²) in [6, 6.07) is 12.2. The van der Waals surface area contributed by atoms with Gasteiger partial charge in [-0.05, 0) is 24.3 Å². The van der Waals surface area contributed by atoms with Crippen molar-refractivity contribution in [3.05, 3.63) is 54.2 Å². The molecule has 2 N–H and O–H groups in total. The van der Waals surface area contributed by atoms with Crippen LogP contribution in [0.2, 0.25) is 0 Å². The highest BCUT2D eigenvalue weighted by atomic mass is 32.2. The summed E-state index contributed by atoms with van der Waals surface area (Å²) in [5, 5.41) is 11.9. The van der Waals surface area contributed by atoms with Crippen molar-refractivity contribution in [3.63, 3.8) is 0 Å². The number of hydrogen-bond donors (Lipinski definition) is 2. The fourth-order valence-corrected chi connectivity index (χ4v) is 2.03. The van der Waals surface area contributed by atoms with E-state index in [2.05, 4.69) is 10.3 Å². The fraction of sp³-hybridized carbons (Fsp3) is 0.0714. The van der Waals surface area contributed by atoms with E-state index < -0.39 is 5.97 Å². The zero-order chi connectivity index (χ0) is 14.4. The Balaban J connectivity index is 1.97. The van der Waals surface area contributed by atoms with Gasteiger partial charge < -0.3 is 10.4 Å². The van der Waals surface area contributed by atoms with E-state index in [0.717, 1.165) is 11.8 Å². The third-order valence-electron chi connectivity index (χ3n) is 2.37. The van der Waals surface area contributed by atoms with E-state index in [-0.39, 0.29) is 11.7 Å². The predicted octanol–water partition coefficient (Wildman–Crippen LogP) is 2.51. The maximum Gasteiger partial charge on any atom is 0.313 e. The Morgan fingerprint density at radius 3 is 2.50 bits per heavy atom. The molecule has 2 rings (SSSR count). The number of carbonyl (C=O) groups is 2. The minimum atomic E-state index is -0.891. The Bertz CT molecular complexity index is 600. The molecule has 102 valence electrons. The van der Waals surface area contributed by atoms with E-state index in [1.807, 2.05) is 6.07 Å². The van der Waals surface area contributed by atoms with Gasteiger partial charge in [0, 0.05) is 5.56 Å². The molecule has 1 heterocycles. The highest BCUT2D eigenvalue weighted by Crippen LogP contribution is 2.17. The van der Waals surface area contributed by atoms with Crippen LogP contribution in [-0.4, -0.2) is 27.7 Å². The van der Waals surface area contributed by atoms with Crippen LogP contribution in [0.5, 0.6) is 0 Å². The summed E-state index contributed by atoms with van der Waals surface area (Å²) < 4.78 is 0. The number of aromatic nitrogens is 1. The van der Waals surface area contributed by atoms with Gasteiger partial charge in [0.05, 0.1) is 22.7 Å². The Morgan fingerprint density at radius 1 is 1.15 bits per heavy atom. The van der Waals surface area contributed by atoms with Crippen molar-refractivity contribution < 1.29 is 14.7 Å². The van der Waals surface area contributed by atoms with Gasteiger partial charge in [0.2, 0.25) is 0 Å². The first-order chi connectivity index (χ1) is 9.65. The number of amides is 1. The molecule has 1 aromatic carbocycles. The zero-order valence-corrected chi connectivity index (χ0v) is 11.3. The largest absolute Gasteiger partial charge is 0.481 e. The molecular formula is C14H12N2O3S. The summed E-state index contributed by atoms with van der Waals surface area (Å²) in [5.41, 5.74) is 1.13. The molecular weight excluding hydrogens is 276 g/mol. The summed E-state index contributed by atoms with van der Waals surface area (Å²) in [6.45, 7) is 0. The van der Waals surface area contributed by atoms with Gasteiger partial charge in [0.25, 0.3) is 5.91 Å². The molecule has 1 amide bonds. The summed E-state index contributed by atoms with van der Waals surface area (Å²) in [4.78, 5) is 26.4. The Kier molecular flexibility index (Phi) is 4.73. The zero-order valence-electron chi connectivity index (χ0n) is 10.4. The number of nitrogens with zero attached hydrogens (tertiary/aromatic N) is 1. The van der Waals surface area contributed by atoms with E-state index >= 15 is 0 Å². The van der Waals surface area contributed by atoms with Crippen LogP contribution in [0.25, 0.3) is 0 Å². The van der Waals surface area contributed by atoms with Crippen molar-refractivity contribution in [2.45, 2.75) is 5.03 Å². The van der Waals surface area contributed by atoms with Crippen molar-refractivity contribution in [3.8, 4) is 0 Å². The number of carbonyl (C=O) groups excluding carboxylic acids is 1. The molecule has 0 saturated heterocycles. The molecule has 0 spiro atoms. The smallest absolute Gasteiger partial charge is 0.313 e. The van der Waals surface area contributed by atoms with Crippen LogP contribution in [0.1, 0.15) is 10.4 Å². The van der Waals surface area contributed by atoms with E-state index in [1.54, 1.807) is 36.4 Å². The molecule has 20 heavy (non-hydrogen) atoms. The first-order valence-corrected chi connectivity index (χ1v) is 6.81. The summed E-state index contributed by atoms with van der Waals surface area (Å²) in [7, 11) is 0. The van der Waals surface area contributed by atoms with Crippen molar-refractivity contribution in [1.29, 1.82) is 0 Å².